The van der Waals surface area contributed by atoms with Gasteiger partial charge in [-0.3, -0.25) is 5.41 Å². The van der Waals surface area contributed by atoms with Gasteiger partial charge in [-0.25, -0.2) is 0 Å². The molecule has 0 saturated carbocycles. The summed E-state index contributed by atoms with van der Waals surface area (Å²) >= 11 is 3.37. The van der Waals surface area contributed by atoms with E-state index in [0.717, 1.165) is 15.7 Å². The van der Waals surface area contributed by atoms with Crippen LogP contribution in [-0.4, -0.2) is 19.9 Å². The summed E-state index contributed by atoms with van der Waals surface area (Å²) in [5, 5.41) is 7.29. The standard InChI is InChI=1S/C9H12BrN3/c1-13(2)6-3-4-7(9(11)12)8(10)5-6/h3-5H,1-2H3,(H3,11,12). The van der Waals surface area contributed by atoms with Gasteiger partial charge in [0.05, 0.1) is 0 Å². The fraction of sp³-hybridized carbons (Fsp3) is 0.222. The van der Waals surface area contributed by atoms with E-state index in [1.807, 2.05) is 37.2 Å². The summed E-state index contributed by atoms with van der Waals surface area (Å²) in [5.41, 5.74) is 7.19. The minimum absolute atomic E-state index is 0.0807. The largest absolute Gasteiger partial charge is 0.384 e. The number of amidine groups is 1. The molecule has 3 nitrogen and oxygen atoms in total. The van der Waals surface area contributed by atoms with E-state index >= 15 is 0 Å². The molecule has 0 saturated heterocycles. The normalized spacial score (nSPS) is 9.77. The lowest BCUT2D eigenvalue weighted by molar-refractivity contribution is 1.13. The smallest absolute Gasteiger partial charge is 0.123 e. The highest BCUT2D eigenvalue weighted by atomic mass is 79.9. The van der Waals surface area contributed by atoms with Crippen molar-refractivity contribution in [3.8, 4) is 0 Å². The van der Waals surface area contributed by atoms with Gasteiger partial charge < -0.3 is 10.6 Å². The summed E-state index contributed by atoms with van der Waals surface area (Å²) in [6.45, 7) is 0. The van der Waals surface area contributed by atoms with Crippen LogP contribution >= 0.6 is 15.9 Å². The van der Waals surface area contributed by atoms with Crippen LogP contribution in [0.4, 0.5) is 5.69 Å². The Morgan fingerprint density at radius 3 is 2.46 bits per heavy atom. The lowest BCUT2D eigenvalue weighted by Crippen LogP contribution is -2.13. The van der Waals surface area contributed by atoms with E-state index < -0.39 is 0 Å². The van der Waals surface area contributed by atoms with Crippen molar-refractivity contribution < 1.29 is 0 Å². The molecule has 0 fully saturated rings. The zero-order valence-electron chi connectivity index (χ0n) is 7.63. The minimum atomic E-state index is 0.0807. The maximum absolute atomic E-state index is 7.29. The molecule has 1 rings (SSSR count). The molecule has 0 aliphatic carbocycles. The summed E-state index contributed by atoms with van der Waals surface area (Å²) in [5.74, 6) is 0.0807. The van der Waals surface area contributed by atoms with Crippen molar-refractivity contribution in [2.24, 2.45) is 5.73 Å². The zero-order chi connectivity index (χ0) is 10.0. The fourth-order valence-electron chi connectivity index (χ4n) is 1.00. The van der Waals surface area contributed by atoms with Crippen molar-refractivity contribution in [2.75, 3.05) is 19.0 Å². The Labute approximate surface area is 86.2 Å². The van der Waals surface area contributed by atoms with E-state index in [1.54, 1.807) is 0 Å². The van der Waals surface area contributed by atoms with Crippen molar-refractivity contribution in [1.29, 1.82) is 5.41 Å². The van der Waals surface area contributed by atoms with Crippen molar-refractivity contribution in [3.63, 3.8) is 0 Å². The maximum atomic E-state index is 7.29. The van der Waals surface area contributed by atoms with Gasteiger partial charge in [0.1, 0.15) is 5.84 Å². The number of nitrogens with one attached hydrogen (secondary N) is 1. The van der Waals surface area contributed by atoms with Gasteiger partial charge in [-0.1, -0.05) is 0 Å². The molecule has 0 bridgehead atoms. The second-order valence-electron chi connectivity index (χ2n) is 2.97. The van der Waals surface area contributed by atoms with Gasteiger partial charge in [-0.05, 0) is 34.1 Å². The van der Waals surface area contributed by atoms with E-state index in [1.165, 1.54) is 0 Å². The molecule has 0 atom stereocenters. The average Bonchev–Trinajstić information content (AvgIpc) is 2.03. The van der Waals surface area contributed by atoms with Gasteiger partial charge in [0.2, 0.25) is 0 Å². The highest BCUT2D eigenvalue weighted by Crippen LogP contribution is 2.22. The van der Waals surface area contributed by atoms with Crippen LogP contribution in [-0.2, 0) is 0 Å². The molecule has 0 aliphatic heterocycles. The quantitative estimate of drug-likeness (QED) is 0.613. The van der Waals surface area contributed by atoms with Crippen LogP contribution in [0.5, 0.6) is 0 Å². The number of hydrogen-bond acceptors (Lipinski definition) is 2. The molecule has 70 valence electrons. The molecular weight excluding hydrogens is 230 g/mol. The molecule has 13 heavy (non-hydrogen) atoms. The molecular formula is C9H12BrN3. The summed E-state index contributed by atoms with van der Waals surface area (Å²) in [7, 11) is 3.93. The number of nitrogens with two attached hydrogens (primary N) is 1. The molecule has 0 spiro atoms. The number of halogens is 1. The van der Waals surface area contributed by atoms with Gasteiger partial charge in [0, 0.05) is 29.8 Å². The van der Waals surface area contributed by atoms with Crippen LogP contribution in [0.1, 0.15) is 5.56 Å². The van der Waals surface area contributed by atoms with Crippen LogP contribution < -0.4 is 10.6 Å². The molecule has 1 aromatic rings. The molecule has 0 aliphatic rings. The van der Waals surface area contributed by atoms with Gasteiger partial charge in [0.25, 0.3) is 0 Å². The highest BCUT2D eigenvalue weighted by Gasteiger charge is 2.04. The fourth-order valence-corrected chi connectivity index (χ4v) is 1.58. The Bertz CT molecular complexity index is 334. The molecule has 0 unspecified atom stereocenters. The number of nitrogen functional groups attached to an aromatic ring is 1. The predicted octanol–water partition coefficient (Wildman–Crippen LogP) is 1.80. The summed E-state index contributed by atoms with van der Waals surface area (Å²) < 4.78 is 0.853. The van der Waals surface area contributed by atoms with Crippen LogP contribution in [0.25, 0.3) is 0 Å². The number of rotatable bonds is 2. The van der Waals surface area contributed by atoms with Crippen LogP contribution in [0, 0.1) is 5.41 Å². The molecule has 0 amide bonds. The van der Waals surface area contributed by atoms with Crippen molar-refractivity contribution in [2.45, 2.75) is 0 Å². The second kappa shape index (κ2) is 3.79. The Hall–Kier alpha value is -1.03. The van der Waals surface area contributed by atoms with Crippen LogP contribution in [0.3, 0.4) is 0 Å². The Morgan fingerprint density at radius 2 is 2.08 bits per heavy atom. The Morgan fingerprint density at radius 1 is 1.46 bits per heavy atom. The lowest BCUT2D eigenvalue weighted by atomic mass is 10.2. The molecule has 0 aromatic heterocycles. The first-order chi connectivity index (χ1) is 6.02. The summed E-state index contributed by atoms with van der Waals surface area (Å²) in [4.78, 5) is 1.99. The third-order valence-electron chi connectivity index (χ3n) is 1.76. The molecule has 4 heteroatoms. The second-order valence-corrected chi connectivity index (χ2v) is 3.83. The Balaban J connectivity index is 3.13. The molecule has 0 radical (unpaired) electrons. The minimum Gasteiger partial charge on any atom is -0.384 e. The monoisotopic (exact) mass is 241 g/mol. The number of anilines is 1. The van der Waals surface area contributed by atoms with Crippen molar-refractivity contribution in [1.82, 2.24) is 0 Å². The van der Waals surface area contributed by atoms with E-state index in [-0.39, 0.29) is 5.84 Å². The van der Waals surface area contributed by atoms with E-state index in [4.69, 9.17) is 11.1 Å². The number of hydrogen-bond donors (Lipinski definition) is 2. The maximum Gasteiger partial charge on any atom is 0.123 e. The van der Waals surface area contributed by atoms with E-state index in [2.05, 4.69) is 15.9 Å². The van der Waals surface area contributed by atoms with E-state index in [9.17, 15) is 0 Å². The third-order valence-corrected chi connectivity index (χ3v) is 2.42. The lowest BCUT2D eigenvalue weighted by Gasteiger charge is -2.13. The first-order valence-electron chi connectivity index (χ1n) is 3.83. The van der Waals surface area contributed by atoms with Gasteiger partial charge in [0.15, 0.2) is 0 Å². The average molecular weight is 242 g/mol. The zero-order valence-corrected chi connectivity index (χ0v) is 9.22. The number of nitrogens with zero attached hydrogens (tertiary/aromatic N) is 1. The highest BCUT2D eigenvalue weighted by molar-refractivity contribution is 9.10. The first-order valence-corrected chi connectivity index (χ1v) is 4.63. The summed E-state index contributed by atoms with van der Waals surface area (Å²) in [6.07, 6.45) is 0. The molecule has 3 N–H and O–H groups in total. The first kappa shape index (κ1) is 10.1. The predicted molar refractivity (Wildman–Crippen MR) is 59.5 cm³/mol. The van der Waals surface area contributed by atoms with Gasteiger partial charge in [-0.15, -0.1) is 0 Å². The van der Waals surface area contributed by atoms with Gasteiger partial charge >= 0.3 is 0 Å². The van der Waals surface area contributed by atoms with Gasteiger partial charge in [-0.2, -0.15) is 0 Å². The third kappa shape index (κ3) is 2.21. The van der Waals surface area contributed by atoms with Crippen LogP contribution in [0.2, 0.25) is 0 Å². The van der Waals surface area contributed by atoms with Crippen molar-refractivity contribution >= 4 is 27.5 Å². The topological polar surface area (TPSA) is 53.1 Å². The summed E-state index contributed by atoms with van der Waals surface area (Å²) in [6, 6.07) is 5.71. The Kier molecular flexibility index (Phi) is 2.93. The van der Waals surface area contributed by atoms with Crippen LogP contribution in [0.15, 0.2) is 22.7 Å². The number of benzene rings is 1. The molecule has 0 heterocycles. The van der Waals surface area contributed by atoms with E-state index in [0.29, 0.717) is 0 Å². The van der Waals surface area contributed by atoms with Crippen molar-refractivity contribution in [3.05, 3.63) is 28.2 Å². The molecule has 1 aromatic carbocycles. The SMILES string of the molecule is CN(C)c1ccc(C(=N)N)c(Br)c1.